The van der Waals surface area contributed by atoms with Gasteiger partial charge < -0.3 is 0 Å². The van der Waals surface area contributed by atoms with Crippen LogP contribution in [0.3, 0.4) is 0 Å². The van der Waals surface area contributed by atoms with E-state index >= 15 is 0 Å². The smallest absolute Gasteiger partial charge is 0.0299 e. The van der Waals surface area contributed by atoms with Gasteiger partial charge >= 0.3 is 0 Å². The molecule has 0 aromatic carbocycles. The third-order valence-corrected chi connectivity index (χ3v) is 1.92. The third kappa shape index (κ3) is 6.50. The van der Waals surface area contributed by atoms with E-state index in [1.54, 1.807) is 6.08 Å². The lowest BCUT2D eigenvalue weighted by Crippen LogP contribution is -1.73. The maximum Gasteiger partial charge on any atom is -0.0299 e. The summed E-state index contributed by atoms with van der Waals surface area (Å²) in [6.45, 7) is 9.73. The van der Waals surface area contributed by atoms with Gasteiger partial charge in [-0.1, -0.05) is 61.3 Å². The fraction of sp³-hybridized carbons (Fsp3) is 0.200. The summed E-state index contributed by atoms with van der Waals surface area (Å²) in [7, 11) is 0. The molecule has 0 unspecified atom stereocenters. The monoisotopic (exact) mass is 200 g/mol. The third-order valence-electron chi connectivity index (χ3n) is 1.92. The van der Waals surface area contributed by atoms with Crippen molar-refractivity contribution >= 4 is 0 Å². The summed E-state index contributed by atoms with van der Waals surface area (Å²) in [5.41, 5.74) is 2.39. The lowest BCUT2D eigenvalue weighted by atomic mass is 10.1. The number of hydrogen-bond donors (Lipinski definition) is 0. The first kappa shape index (κ1) is 13.4. The summed E-state index contributed by atoms with van der Waals surface area (Å²) in [6, 6.07) is 0. The highest BCUT2D eigenvalue weighted by Crippen LogP contribution is 2.05. The van der Waals surface area contributed by atoms with Crippen molar-refractivity contribution in [3.05, 3.63) is 72.4 Å². The zero-order valence-corrected chi connectivity index (χ0v) is 9.90. The summed E-state index contributed by atoms with van der Waals surface area (Å²) >= 11 is 0. The second kappa shape index (κ2) is 9.01. The molecule has 15 heavy (non-hydrogen) atoms. The molecule has 0 aliphatic heterocycles. The van der Waals surface area contributed by atoms with Crippen LogP contribution < -0.4 is 0 Å². The van der Waals surface area contributed by atoms with Gasteiger partial charge in [-0.3, -0.25) is 0 Å². The normalized spacial score (nSPS) is 14.6. The van der Waals surface area contributed by atoms with Crippen molar-refractivity contribution in [1.82, 2.24) is 0 Å². The maximum absolute atomic E-state index is 3.65. The van der Waals surface area contributed by atoms with Crippen molar-refractivity contribution in [3.8, 4) is 0 Å². The molecule has 0 fully saturated rings. The highest BCUT2D eigenvalue weighted by atomic mass is 13.9. The molecule has 0 saturated carbocycles. The fourth-order valence-corrected chi connectivity index (χ4v) is 1.06. The first-order valence-electron chi connectivity index (χ1n) is 5.21. The van der Waals surface area contributed by atoms with Crippen molar-refractivity contribution in [2.24, 2.45) is 0 Å². The van der Waals surface area contributed by atoms with Gasteiger partial charge in [-0.2, -0.15) is 0 Å². The van der Waals surface area contributed by atoms with Crippen LogP contribution >= 0.6 is 0 Å². The second-order valence-electron chi connectivity index (χ2n) is 3.01. The van der Waals surface area contributed by atoms with Gasteiger partial charge in [0.05, 0.1) is 0 Å². The highest BCUT2D eigenvalue weighted by molar-refractivity contribution is 5.38. The van der Waals surface area contributed by atoms with E-state index in [2.05, 4.69) is 37.0 Å². The van der Waals surface area contributed by atoms with E-state index in [-0.39, 0.29) is 0 Å². The van der Waals surface area contributed by atoms with Crippen LogP contribution in [0.5, 0.6) is 0 Å². The van der Waals surface area contributed by atoms with E-state index in [1.165, 1.54) is 11.1 Å². The standard InChI is InChI=1S/C15H20/c1-5-9-11-15(8-4)13-12-14(7-3)10-6-2/h5-13H,1H2,2-4H3/b10-6-,11-9-,13-12-,14-7+,15-8+. The Bertz CT molecular complexity index is 320. The molecule has 0 aliphatic carbocycles. The lowest BCUT2D eigenvalue weighted by molar-refractivity contribution is 1.54. The Labute approximate surface area is 93.7 Å². The molecular weight excluding hydrogens is 180 g/mol. The van der Waals surface area contributed by atoms with Gasteiger partial charge in [-0.15, -0.1) is 0 Å². The average Bonchev–Trinajstić information content (AvgIpc) is 2.27. The van der Waals surface area contributed by atoms with Gasteiger partial charge in [0.15, 0.2) is 0 Å². The fourth-order valence-electron chi connectivity index (χ4n) is 1.06. The van der Waals surface area contributed by atoms with Gasteiger partial charge in [0.2, 0.25) is 0 Å². The zero-order chi connectivity index (χ0) is 11.5. The molecule has 0 heteroatoms. The second-order valence-corrected chi connectivity index (χ2v) is 3.01. The summed E-state index contributed by atoms with van der Waals surface area (Å²) in [5, 5.41) is 0. The van der Waals surface area contributed by atoms with Gasteiger partial charge in [0, 0.05) is 0 Å². The molecule has 0 nitrogen and oxygen atoms in total. The molecule has 0 aromatic rings. The molecule has 0 aliphatic rings. The van der Waals surface area contributed by atoms with Crippen LogP contribution in [0.2, 0.25) is 0 Å². The Morgan fingerprint density at radius 1 is 0.800 bits per heavy atom. The van der Waals surface area contributed by atoms with Crippen LogP contribution in [0.1, 0.15) is 20.8 Å². The van der Waals surface area contributed by atoms with Crippen LogP contribution in [0.15, 0.2) is 72.4 Å². The molecule has 80 valence electrons. The summed E-state index contributed by atoms with van der Waals surface area (Å²) < 4.78 is 0. The first-order chi connectivity index (χ1) is 7.28. The van der Waals surface area contributed by atoms with Gasteiger partial charge in [0.1, 0.15) is 0 Å². The van der Waals surface area contributed by atoms with Crippen molar-refractivity contribution in [2.75, 3.05) is 0 Å². The topological polar surface area (TPSA) is 0 Å². The Morgan fingerprint density at radius 3 is 1.73 bits per heavy atom. The van der Waals surface area contributed by atoms with Crippen molar-refractivity contribution in [1.29, 1.82) is 0 Å². The molecule has 0 rings (SSSR count). The predicted octanol–water partition coefficient (Wildman–Crippen LogP) is 4.75. The number of allylic oxidation sites excluding steroid dienone is 11. The minimum Gasteiger partial charge on any atom is -0.0991 e. The van der Waals surface area contributed by atoms with Crippen molar-refractivity contribution < 1.29 is 0 Å². The van der Waals surface area contributed by atoms with E-state index in [0.717, 1.165) is 0 Å². The highest BCUT2D eigenvalue weighted by Gasteiger charge is 1.84. The SMILES string of the molecule is C=C\C=C/C(/C=C\C(\C=C/C)=C\C)=C\C. The predicted molar refractivity (Wildman–Crippen MR) is 70.8 cm³/mol. The summed E-state index contributed by atoms with van der Waals surface area (Å²) in [4.78, 5) is 0. The first-order valence-corrected chi connectivity index (χ1v) is 5.21. The van der Waals surface area contributed by atoms with E-state index in [0.29, 0.717) is 0 Å². The maximum atomic E-state index is 3.65. The molecule has 0 N–H and O–H groups in total. The number of rotatable bonds is 5. The lowest BCUT2D eigenvalue weighted by Gasteiger charge is -1.93. The van der Waals surface area contributed by atoms with Crippen LogP contribution in [0.4, 0.5) is 0 Å². The van der Waals surface area contributed by atoms with Crippen molar-refractivity contribution in [3.63, 3.8) is 0 Å². The molecule has 0 aromatic heterocycles. The van der Waals surface area contributed by atoms with E-state index < -0.39 is 0 Å². The largest absolute Gasteiger partial charge is 0.0991 e. The van der Waals surface area contributed by atoms with Gasteiger partial charge in [-0.05, 0) is 31.9 Å². The quantitative estimate of drug-likeness (QED) is 0.562. The zero-order valence-electron chi connectivity index (χ0n) is 9.90. The molecule has 0 heterocycles. The summed E-state index contributed by atoms with van der Waals surface area (Å²) in [5.74, 6) is 0. The Morgan fingerprint density at radius 2 is 1.33 bits per heavy atom. The minimum absolute atomic E-state index is 1.18. The Kier molecular flexibility index (Phi) is 8.08. The van der Waals surface area contributed by atoms with Gasteiger partial charge in [-0.25, -0.2) is 0 Å². The van der Waals surface area contributed by atoms with Gasteiger partial charge in [0.25, 0.3) is 0 Å². The van der Waals surface area contributed by atoms with Crippen LogP contribution in [-0.2, 0) is 0 Å². The number of hydrogen-bond acceptors (Lipinski definition) is 0. The average molecular weight is 200 g/mol. The van der Waals surface area contributed by atoms with Crippen molar-refractivity contribution in [2.45, 2.75) is 20.8 Å². The van der Waals surface area contributed by atoms with E-state index in [1.807, 2.05) is 39.0 Å². The van der Waals surface area contributed by atoms with E-state index in [9.17, 15) is 0 Å². The molecule has 0 saturated heterocycles. The molecule has 0 amide bonds. The van der Waals surface area contributed by atoms with Crippen LogP contribution in [0.25, 0.3) is 0 Å². The molecular formula is C15H20. The van der Waals surface area contributed by atoms with Crippen LogP contribution in [-0.4, -0.2) is 0 Å². The van der Waals surface area contributed by atoms with Crippen LogP contribution in [0, 0.1) is 0 Å². The molecule has 0 radical (unpaired) electrons. The minimum atomic E-state index is 1.18. The van der Waals surface area contributed by atoms with E-state index in [4.69, 9.17) is 0 Å². The molecule has 0 bridgehead atoms. The summed E-state index contributed by atoms with van der Waals surface area (Å²) in [6.07, 6.45) is 18.2. The molecule has 0 atom stereocenters. The Hall–Kier alpha value is -1.56. The Balaban J connectivity index is 4.61. The molecule has 0 spiro atoms.